The highest BCUT2D eigenvalue weighted by molar-refractivity contribution is 7.91. The summed E-state index contributed by atoms with van der Waals surface area (Å²) < 4.78 is 51.0. The molecular weight excluding hydrogens is 468 g/mol. The number of carbonyl (C=O) groups is 2. The molecule has 34 heavy (non-hydrogen) atoms. The lowest BCUT2D eigenvalue weighted by Crippen LogP contribution is -2.47. The predicted octanol–water partition coefficient (Wildman–Crippen LogP) is 1.96. The van der Waals surface area contributed by atoms with Gasteiger partial charge in [-0.3, -0.25) is 19.6 Å². The molecule has 0 radical (unpaired) electrons. The molecule has 1 aromatic heterocycles. The van der Waals surface area contributed by atoms with Crippen molar-refractivity contribution < 1.29 is 26.8 Å². The summed E-state index contributed by atoms with van der Waals surface area (Å²) in [6, 6.07) is 3.48. The van der Waals surface area contributed by atoms with Crippen molar-refractivity contribution in [1.29, 1.82) is 0 Å². The first-order valence-corrected chi connectivity index (χ1v) is 13.1. The minimum absolute atomic E-state index is 0.00619. The van der Waals surface area contributed by atoms with Gasteiger partial charge in [-0.25, -0.2) is 17.2 Å². The van der Waals surface area contributed by atoms with Gasteiger partial charge in [0.25, 0.3) is 11.8 Å². The van der Waals surface area contributed by atoms with Crippen LogP contribution >= 0.6 is 0 Å². The lowest BCUT2D eigenvalue weighted by molar-refractivity contribution is 0.0930. The first-order valence-electron chi connectivity index (χ1n) is 11.2. The number of halogens is 2. The monoisotopic (exact) mass is 495 g/mol. The van der Waals surface area contributed by atoms with Gasteiger partial charge in [0.2, 0.25) is 0 Å². The minimum atomic E-state index is -2.90. The molecule has 2 amide bonds. The van der Waals surface area contributed by atoms with Crippen LogP contribution in [0, 0.1) is 17.6 Å². The van der Waals surface area contributed by atoms with E-state index in [-0.39, 0.29) is 28.8 Å². The van der Waals surface area contributed by atoms with Gasteiger partial charge in [0.1, 0.15) is 22.9 Å². The van der Waals surface area contributed by atoms with Crippen LogP contribution in [0.25, 0.3) is 0 Å². The van der Waals surface area contributed by atoms with E-state index in [0.29, 0.717) is 25.7 Å². The summed E-state index contributed by atoms with van der Waals surface area (Å²) in [4.78, 5) is 27.2. The summed E-state index contributed by atoms with van der Waals surface area (Å²) in [5, 5.41) is 11.4. The van der Waals surface area contributed by atoms with Crippen LogP contribution < -0.4 is 10.6 Å². The topological polar surface area (TPSA) is 124 Å². The Labute approximate surface area is 196 Å². The predicted molar refractivity (Wildman–Crippen MR) is 121 cm³/mol. The molecular formula is C22H27F2N5O4S. The van der Waals surface area contributed by atoms with Crippen molar-refractivity contribution in [3.8, 4) is 0 Å². The first kappa shape index (κ1) is 24.3. The number of nitrogens with one attached hydrogen (secondary N) is 3. The molecule has 2 fully saturated rings. The summed E-state index contributed by atoms with van der Waals surface area (Å²) in [6.07, 6.45) is 4.91. The maximum atomic E-state index is 13.9. The van der Waals surface area contributed by atoms with E-state index in [9.17, 15) is 26.8 Å². The Morgan fingerprint density at radius 3 is 2.35 bits per heavy atom. The maximum absolute atomic E-state index is 13.9. The number of H-pyrrole nitrogens is 1. The third-order valence-electron chi connectivity index (χ3n) is 6.57. The van der Waals surface area contributed by atoms with E-state index in [1.165, 1.54) is 6.20 Å². The number of hydrogen-bond donors (Lipinski definition) is 3. The van der Waals surface area contributed by atoms with Gasteiger partial charge in [-0.05, 0) is 43.7 Å². The molecule has 0 unspecified atom stereocenters. The Hall–Kier alpha value is -2.86. The van der Waals surface area contributed by atoms with Gasteiger partial charge >= 0.3 is 0 Å². The van der Waals surface area contributed by atoms with Crippen molar-refractivity contribution in [3.63, 3.8) is 0 Å². The molecule has 1 aliphatic heterocycles. The molecule has 12 heteroatoms. The molecule has 2 aromatic rings. The zero-order valence-corrected chi connectivity index (χ0v) is 19.3. The number of benzene rings is 1. The van der Waals surface area contributed by atoms with E-state index in [1.54, 1.807) is 0 Å². The van der Waals surface area contributed by atoms with Gasteiger partial charge in [-0.15, -0.1) is 0 Å². The van der Waals surface area contributed by atoms with Crippen molar-refractivity contribution in [1.82, 2.24) is 20.4 Å². The maximum Gasteiger partial charge on any atom is 0.271 e. The van der Waals surface area contributed by atoms with Gasteiger partial charge in [0.05, 0.1) is 23.4 Å². The Morgan fingerprint density at radius 1 is 1.06 bits per heavy atom. The SMILES string of the molecule is O=C(NCC1CCC(N2CCS(=O)(=O)CC2)CC1)c1[nH]ncc1NC(=O)c1c(F)cccc1F. The van der Waals surface area contributed by atoms with Crippen LogP contribution in [0.15, 0.2) is 24.4 Å². The highest BCUT2D eigenvalue weighted by Crippen LogP contribution is 2.28. The third kappa shape index (κ3) is 5.61. The molecule has 1 saturated carbocycles. The van der Waals surface area contributed by atoms with Crippen molar-refractivity contribution in [2.24, 2.45) is 5.92 Å². The van der Waals surface area contributed by atoms with E-state index in [2.05, 4.69) is 25.7 Å². The van der Waals surface area contributed by atoms with Crippen molar-refractivity contribution in [2.75, 3.05) is 36.5 Å². The number of anilines is 1. The van der Waals surface area contributed by atoms with E-state index in [1.807, 2.05) is 0 Å². The second-order valence-electron chi connectivity index (χ2n) is 8.78. The van der Waals surface area contributed by atoms with Gasteiger partial charge in [0, 0.05) is 25.7 Å². The smallest absolute Gasteiger partial charge is 0.271 e. The normalized spacial score (nSPS) is 22.8. The fraction of sp³-hybridized carbons (Fsp3) is 0.500. The highest BCUT2D eigenvalue weighted by Gasteiger charge is 2.30. The fourth-order valence-electron chi connectivity index (χ4n) is 4.58. The van der Waals surface area contributed by atoms with E-state index < -0.39 is 38.8 Å². The lowest BCUT2D eigenvalue weighted by Gasteiger charge is -2.38. The van der Waals surface area contributed by atoms with Gasteiger partial charge in [-0.1, -0.05) is 6.07 Å². The third-order valence-corrected chi connectivity index (χ3v) is 8.18. The Morgan fingerprint density at radius 2 is 1.71 bits per heavy atom. The van der Waals surface area contributed by atoms with Crippen LogP contribution in [0.4, 0.5) is 14.5 Å². The number of aromatic amines is 1. The highest BCUT2D eigenvalue weighted by atomic mass is 32.2. The van der Waals surface area contributed by atoms with Crippen LogP contribution in [-0.2, 0) is 9.84 Å². The number of hydrogen-bond acceptors (Lipinski definition) is 6. The molecule has 3 N–H and O–H groups in total. The second kappa shape index (κ2) is 10.2. The molecule has 9 nitrogen and oxygen atoms in total. The minimum Gasteiger partial charge on any atom is -0.350 e. The Kier molecular flexibility index (Phi) is 7.27. The van der Waals surface area contributed by atoms with E-state index in [0.717, 1.165) is 43.9 Å². The Bertz CT molecular complexity index is 1130. The lowest BCUT2D eigenvalue weighted by atomic mass is 9.85. The van der Waals surface area contributed by atoms with Crippen molar-refractivity contribution in [3.05, 3.63) is 47.3 Å². The van der Waals surface area contributed by atoms with Crippen LogP contribution in [0.5, 0.6) is 0 Å². The van der Waals surface area contributed by atoms with Gasteiger partial charge in [0.15, 0.2) is 9.84 Å². The van der Waals surface area contributed by atoms with E-state index in [4.69, 9.17) is 0 Å². The average molecular weight is 496 g/mol. The molecule has 0 bridgehead atoms. The van der Waals surface area contributed by atoms with Crippen LogP contribution in [0.2, 0.25) is 0 Å². The number of nitrogens with zero attached hydrogens (tertiary/aromatic N) is 2. The summed E-state index contributed by atoms with van der Waals surface area (Å²) in [6.45, 7) is 1.60. The number of aromatic nitrogens is 2. The summed E-state index contributed by atoms with van der Waals surface area (Å²) in [5.41, 5.74) is -0.722. The van der Waals surface area contributed by atoms with Gasteiger partial charge < -0.3 is 10.6 Å². The molecule has 1 aliphatic carbocycles. The fourth-order valence-corrected chi connectivity index (χ4v) is 5.81. The molecule has 2 heterocycles. The average Bonchev–Trinajstić information content (AvgIpc) is 3.26. The first-order chi connectivity index (χ1) is 16.2. The summed E-state index contributed by atoms with van der Waals surface area (Å²) in [5.74, 6) is -2.80. The molecule has 4 rings (SSSR count). The zero-order chi connectivity index (χ0) is 24.3. The largest absolute Gasteiger partial charge is 0.350 e. The van der Waals surface area contributed by atoms with Crippen LogP contribution in [0.1, 0.15) is 46.5 Å². The van der Waals surface area contributed by atoms with Crippen molar-refractivity contribution >= 4 is 27.3 Å². The van der Waals surface area contributed by atoms with Gasteiger partial charge in [-0.2, -0.15) is 5.10 Å². The zero-order valence-electron chi connectivity index (χ0n) is 18.5. The number of amides is 2. The molecule has 184 valence electrons. The molecule has 1 saturated heterocycles. The molecule has 0 atom stereocenters. The van der Waals surface area contributed by atoms with Crippen molar-refractivity contribution in [2.45, 2.75) is 31.7 Å². The Balaban J connectivity index is 1.27. The standard InChI is InChI=1S/C22H27F2N5O4S/c23-16-2-1-3-17(24)19(16)21(30)27-18-13-26-28-20(18)22(31)25-12-14-4-6-15(7-5-14)29-8-10-34(32,33)11-9-29/h1-3,13-15H,4-12H2,(H,25,31)(H,26,28)(H,27,30). The van der Waals surface area contributed by atoms with Crippen LogP contribution in [-0.4, -0.2) is 72.5 Å². The number of rotatable bonds is 6. The quantitative estimate of drug-likeness (QED) is 0.563. The van der Waals surface area contributed by atoms with Crippen LogP contribution in [0.3, 0.4) is 0 Å². The molecule has 1 aromatic carbocycles. The summed E-state index contributed by atoms with van der Waals surface area (Å²) >= 11 is 0. The van der Waals surface area contributed by atoms with E-state index >= 15 is 0 Å². The second-order valence-corrected chi connectivity index (χ2v) is 11.1. The number of sulfone groups is 1. The molecule has 2 aliphatic rings. The molecule has 0 spiro atoms. The summed E-state index contributed by atoms with van der Waals surface area (Å²) in [7, 11) is -2.90. The number of carbonyl (C=O) groups excluding carboxylic acids is 2.